The first-order valence-corrected chi connectivity index (χ1v) is 6.22. The van der Waals surface area contributed by atoms with E-state index < -0.39 is 29.6 Å². The van der Waals surface area contributed by atoms with E-state index in [1.54, 1.807) is 6.07 Å². The van der Waals surface area contributed by atoms with E-state index in [-0.39, 0.29) is 11.3 Å². The average Bonchev–Trinajstić information content (AvgIpc) is 2.37. The lowest BCUT2D eigenvalue weighted by atomic mass is 9.74. The largest absolute Gasteiger partial charge is 0.496 e. The monoisotopic (exact) mass is 306 g/mol. The topological polar surface area (TPSA) is 66.8 Å². The molecule has 0 radical (unpaired) electrons. The Kier molecular flexibility index (Phi) is 4.88. The highest BCUT2D eigenvalue weighted by atomic mass is 19.4. The van der Waals surface area contributed by atoms with Crippen molar-refractivity contribution in [3.05, 3.63) is 29.8 Å². The molecule has 0 aromatic heterocycles. The number of methoxy groups -OCH3 is 1. The van der Waals surface area contributed by atoms with Gasteiger partial charge >= 0.3 is 12.1 Å². The summed E-state index contributed by atoms with van der Waals surface area (Å²) >= 11 is 0. The molecule has 21 heavy (non-hydrogen) atoms. The van der Waals surface area contributed by atoms with Crippen molar-refractivity contribution in [2.75, 3.05) is 7.11 Å². The van der Waals surface area contributed by atoms with Crippen LogP contribution in [0.25, 0.3) is 0 Å². The molecule has 1 aromatic rings. The molecule has 1 rings (SSSR count). The maximum Gasteiger partial charge on any atom is 0.428 e. The second-order valence-corrected chi connectivity index (χ2v) is 5.03. The first-order valence-electron chi connectivity index (χ1n) is 6.22. The van der Waals surface area contributed by atoms with Crippen molar-refractivity contribution in [3.63, 3.8) is 0 Å². The predicted molar refractivity (Wildman–Crippen MR) is 69.2 cm³/mol. The van der Waals surface area contributed by atoms with E-state index >= 15 is 0 Å². The molecule has 1 aromatic carbocycles. The Hall–Kier alpha value is -1.76. The molecule has 0 aliphatic heterocycles. The maximum absolute atomic E-state index is 13.2. The molecule has 7 heteroatoms. The number of rotatable bonds is 5. The summed E-state index contributed by atoms with van der Waals surface area (Å²) in [5, 5.41) is 19.0. The molecule has 0 fully saturated rings. The molecule has 2 atom stereocenters. The van der Waals surface area contributed by atoms with Gasteiger partial charge in [-0.25, -0.2) is 4.79 Å². The van der Waals surface area contributed by atoms with Crippen molar-refractivity contribution < 1.29 is 32.9 Å². The number of para-hydroxylation sites is 1. The standard InChI is InChI=1S/C14H17F3O4/c1-8(2)11(9-6-4-5-7-10(9)21-3)13(20,12(18)19)14(15,16)17/h4-8,11,20H,1-3H3,(H,18,19). The van der Waals surface area contributed by atoms with Crippen LogP contribution in [-0.4, -0.2) is 35.1 Å². The fourth-order valence-corrected chi connectivity index (χ4v) is 2.42. The molecule has 4 nitrogen and oxygen atoms in total. The fourth-order valence-electron chi connectivity index (χ4n) is 2.42. The summed E-state index contributed by atoms with van der Waals surface area (Å²) in [4.78, 5) is 11.2. The summed E-state index contributed by atoms with van der Waals surface area (Å²) in [6.45, 7) is 2.83. The summed E-state index contributed by atoms with van der Waals surface area (Å²) in [5.74, 6) is -4.73. The average molecular weight is 306 g/mol. The molecule has 0 saturated heterocycles. The van der Waals surface area contributed by atoms with E-state index in [0.717, 1.165) is 0 Å². The Balaban J connectivity index is 3.58. The Morgan fingerprint density at radius 2 is 1.76 bits per heavy atom. The van der Waals surface area contributed by atoms with Crippen LogP contribution >= 0.6 is 0 Å². The molecule has 2 N–H and O–H groups in total. The number of carbonyl (C=O) groups is 1. The summed E-state index contributed by atoms with van der Waals surface area (Å²) < 4.78 is 44.6. The molecule has 0 heterocycles. The van der Waals surface area contributed by atoms with Crippen LogP contribution in [0.4, 0.5) is 13.2 Å². The van der Waals surface area contributed by atoms with E-state index in [9.17, 15) is 23.1 Å². The zero-order valence-corrected chi connectivity index (χ0v) is 11.8. The third-order valence-corrected chi connectivity index (χ3v) is 3.35. The molecule has 0 bridgehead atoms. The number of alkyl halides is 3. The first kappa shape index (κ1) is 17.3. The van der Waals surface area contributed by atoms with Gasteiger partial charge in [-0.05, 0) is 12.0 Å². The minimum atomic E-state index is -5.32. The lowest BCUT2D eigenvalue weighted by Crippen LogP contribution is -2.57. The molecule has 0 amide bonds. The Morgan fingerprint density at radius 3 is 2.14 bits per heavy atom. The Labute approximate surface area is 120 Å². The van der Waals surface area contributed by atoms with Crippen LogP contribution in [0.15, 0.2) is 24.3 Å². The number of aliphatic hydroxyl groups is 1. The molecular weight excluding hydrogens is 289 g/mol. The molecule has 0 spiro atoms. The molecule has 0 aliphatic carbocycles. The number of aliphatic carboxylic acids is 1. The van der Waals surface area contributed by atoms with Gasteiger partial charge in [-0.15, -0.1) is 0 Å². The van der Waals surface area contributed by atoms with Crippen molar-refractivity contribution >= 4 is 5.97 Å². The van der Waals surface area contributed by atoms with Crippen LogP contribution in [0.5, 0.6) is 5.75 Å². The quantitative estimate of drug-likeness (QED) is 0.878. The number of benzene rings is 1. The van der Waals surface area contributed by atoms with E-state index in [1.165, 1.54) is 39.2 Å². The van der Waals surface area contributed by atoms with Crippen LogP contribution in [0.1, 0.15) is 25.3 Å². The van der Waals surface area contributed by atoms with Crippen molar-refractivity contribution in [3.8, 4) is 5.75 Å². The van der Waals surface area contributed by atoms with Crippen molar-refractivity contribution in [2.45, 2.75) is 31.5 Å². The lowest BCUT2D eigenvalue weighted by molar-refractivity contribution is -0.270. The van der Waals surface area contributed by atoms with Crippen LogP contribution < -0.4 is 4.74 Å². The Morgan fingerprint density at radius 1 is 1.24 bits per heavy atom. The van der Waals surface area contributed by atoms with Crippen molar-refractivity contribution in [1.29, 1.82) is 0 Å². The van der Waals surface area contributed by atoms with Gasteiger partial charge in [0.05, 0.1) is 7.11 Å². The van der Waals surface area contributed by atoms with Crippen molar-refractivity contribution in [1.82, 2.24) is 0 Å². The minimum Gasteiger partial charge on any atom is -0.496 e. The van der Waals surface area contributed by atoms with Crippen LogP contribution in [0, 0.1) is 5.92 Å². The van der Waals surface area contributed by atoms with Crippen LogP contribution in [0.3, 0.4) is 0 Å². The van der Waals surface area contributed by atoms with Crippen molar-refractivity contribution in [2.24, 2.45) is 5.92 Å². The number of hydrogen-bond donors (Lipinski definition) is 2. The fraction of sp³-hybridized carbons (Fsp3) is 0.500. The van der Waals surface area contributed by atoms with Gasteiger partial charge < -0.3 is 14.9 Å². The number of ether oxygens (including phenoxy) is 1. The summed E-state index contributed by atoms with van der Waals surface area (Å²) in [6, 6.07) is 5.76. The van der Waals surface area contributed by atoms with Gasteiger partial charge in [-0.1, -0.05) is 32.0 Å². The second kappa shape index (κ2) is 5.93. The van der Waals surface area contributed by atoms with E-state index in [4.69, 9.17) is 9.84 Å². The summed E-state index contributed by atoms with van der Waals surface area (Å²) in [7, 11) is 1.27. The molecule has 118 valence electrons. The molecular formula is C14H17F3O4. The minimum absolute atomic E-state index is 0.00257. The zero-order chi connectivity index (χ0) is 16.4. The zero-order valence-electron chi connectivity index (χ0n) is 11.8. The number of carboxylic acid groups (broad SMARTS) is 1. The normalized spacial score (nSPS) is 16.4. The highest BCUT2D eigenvalue weighted by molar-refractivity contribution is 5.80. The van der Waals surface area contributed by atoms with Gasteiger partial charge in [0.15, 0.2) is 0 Å². The van der Waals surface area contributed by atoms with E-state index in [0.29, 0.717) is 0 Å². The molecule has 0 saturated carbocycles. The SMILES string of the molecule is COc1ccccc1C(C(C)C)C(O)(C(=O)O)C(F)(F)F. The van der Waals surface area contributed by atoms with Gasteiger partial charge in [-0.2, -0.15) is 13.2 Å². The van der Waals surface area contributed by atoms with E-state index in [1.807, 2.05) is 0 Å². The smallest absolute Gasteiger partial charge is 0.428 e. The lowest BCUT2D eigenvalue weighted by Gasteiger charge is -2.37. The third-order valence-electron chi connectivity index (χ3n) is 3.35. The van der Waals surface area contributed by atoms with Gasteiger partial charge in [0.25, 0.3) is 5.60 Å². The number of hydrogen-bond acceptors (Lipinski definition) is 3. The highest BCUT2D eigenvalue weighted by Crippen LogP contribution is 2.47. The van der Waals surface area contributed by atoms with Gasteiger partial charge in [0.2, 0.25) is 0 Å². The number of carboxylic acids is 1. The highest BCUT2D eigenvalue weighted by Gasteiger charge is 2.65. The molecule has 0 aliphatic rings. The second-order valence-electron chi connectivity index (χ2n) is 5.03. The van der Waals surface area contributed by atoms with Crippen LogP contribution in [-0.2, 0) is 4.79 Å². The maximum atomic E-state index is 13.2. The van der Waals surface area contributed by atoms with Crippen LogP contribution in [0.2, 0.25) is 0 Å². The Bertz CT molecular complexity index is 513. The third kappa shape index (κ3) is 2.97. The molecule has 2 unspecified atom stereocenters. The van der Waals surface area contributed by atoms with E-state index in [2.05, 4.69) is 0 Å². The summed E-state index contributed by atoms with van der Waals surface area (Å²) in [6.07, 6.45) is -5.32. The number of halogens is 3. The first-order chi connectivity index (χ1) is 9.57. The summed E-state index contributed by atoms with van der Waals surface area (Å²) in [5.41, 5.74) is -3.90. The van der Waals surface area contributed by atoms with Gasteiger partial charge in [0.1, 0.15) is 5.75 Å². The predicted octanol–water partition coefficient (Wildman–Crippen LogP) is 2.81. The van der Waals surface area contributed by atoms with Gasteiger partial charge in [-0.3, -0.25) is 0 Å². The van der Waals surface area contributed by atoms with Gasteiger partial charge in [0, 0.05) is 11.5 Å².